The fraction of sp³-hybridized carbons (Fsp3) is 0.667. The molecular formula is C15H26N4O8. The van der Waals surface area contributed by atoms with Gasteiger partial charge in [0.15, 0.2) is 0 Å². The molecule has 0 aliphatic rings. The number of carboxylic acid groups (broad SMARTS) is 2. The second-order valence-corrected chi connectivity index (χ2v) is 6.12. The van der Waals surface area contributed by atoms with Gasteiger partial charge in [-0.1, -0.05) is 13.8 Å². The Hall–Kier alpha value is -2.73. The minimum Gasteiger partial charge on any atom is -0.481 e. The summed E-state index contributed by atoms with van der Waals surface area (Å²) in [6.45, 7) is 2.05. The monoisotopic (exact) mass is 390 g/mol. The number of aliphatic hydroxyl groups is 1. The highest BCUT2D eigenvalue weighted by molar-refractivity contribution is 5.92. The molecule has 3 unspecified atom stereocenters. The molecule has 0 bridgehead atoms. The predicted molar refractivity (Wildman–Crippen MR) is 91.3 cm³/mol. The first kappa shape index (κ1) is 24.3. The van der Waals surface area contributed by atoms with Crippen LogP contribution in [0.15, 0.2) is 0 Å². The van der Waals surface area contributed by atoms with Crippen LogP contribution in [0.2, 0.25) is 0 Å². The molecule has 0 saturated carbocycles. The number of carboxylic acids is 2. The number of hydrogen-bond donors (Lipinski definition) is 7. The molecule has 12 nitrogen and oxygen atoms in total. The highest BCUT2D eigenvalue weighted by atomic mass is 16.4. The van der Waals surface area contributed by atoms with Crippen LogP contribution >= 0.6 is 0 Å². The normalized spacial score (nSPS) is 14.0. The van der Waals surface area contributed by atoms with E-state index in [0.717, 1.165) is 0 Å². The Labute approximate surface area is 155 Å². The summed E-state index contributed by atoms with van der Waals surface area (Å²) in [5, 5.41) is 33.0. The number of carbonyl (C=O) groups is 5. The maximum absolute atomic E-state index is 12.1. The Kier molecular flexibility index (Phi) is 10.6. The first-order valence-corrected chi connectivity index (χ1v) is 8.18. The highest BCUT2D eigenvalue weighted by Gasteiger charge is 2.27. The van der Waals surface area contributed by atoms with Crippen molar-refractivity contribution in [2.24, 2.45) is 11.7 Å². The number of rotatable bonds is 12. The van der Waals surface area contributed by atoms with E-state index in [4.69, 9.17) is 21.1 Å². The minimum atomic E-state index is -1.61. The minimum absolute atomic E-state index is 0.159. The molecular weight excluding hydrogens is 364 g/mol. The van der Waals surface area contributed by atoms with Gasteiger partial charge in [0.1, 0.15) is 12.1 Å². The highest BCUT2D eigenvalue weighted by Crippen LogP contribution is 2.00. The lowest BCUT2D eigenvalue weighted by Gasteiger charge is -2.21. The van der Waals surface area contributed by atoms with Crippen molar-refractivity contribution < 1.29 is 39.3 Å². The molecule has 0 spiro atoms. The molecule has 0 aliphatic heterocycles. The third kappa shape index (κ3) is 9.51. The number of hydrogen-bond acceptors (Lipinski definition) is 7. The summed E-state index contributed by atoms with van der Waals surface area (Å²) in [7, 11) is 0. The molecule has 3 atom stereocenters. The van der Waals surface area contributed by atoms with Gasteiger partial charge in [0.25, 0.3) is 0 Å². The predicted octanol–water partition coefficient (Wildman–Crippen LogP) is -3.00. The van der Waals surface area contributed by atoms with E-state index in [1.165, 1.54) is 0 Å². The fourth-order valence-corrected chi connectivity index (χ4v) is 1.83. The van der Waals surface area contributed by atoms with Gasteiger partial charge >= 0.3 is 11.9 Å². The van der Waals surface area contributed by atoms with Crippen LogP contribution in [0.5, 0.6) is 0 Å². The van der Waals surface area contributed by atoms with E-state index < -0.39 is 67.4 Å². The van der Waals surface area contributed by atoms with E-state index in [1.807, 2.05) is 5.32 Å². The SMILES string of the molecule is CC(C)C(N)C(=O)NCC(=O)NC(CCC(=O)O)C(=O)NC(CO)C(=O)O. The van der Waals surface area contributed by atoms with Crippen LogP contribution < -0.4 is 21.7 Å². The van der Waals surface area contributed by atoms with Gasteiger partial charge < -0.3 is 37.0 Å². The number of nitrogens with two attached hydrogens (primary N) is 1. The molecule has 8 N–H and O–H groups in total. The van der Waals surface area contributed by atoms with Crippen molar-refractivity contribution in [3.63, 3.8) is 0 Å². The standard InChI is InChI=1S/C15H26N4O8/c1-7(2)12(16)14(25)17-5-10(21)18-8(3-4-11(22)23)13(24)19-9(6-20)15(26)27/h7-9,12,20H,3-6,16H2,1-2H3,(H,17,25)(H,18,21)(H,19,24)(H,22,23)(H,26,27). The van der Waals surface area contributed by atoms with Gasteiger partial charge in [-0.2, -0.15) is 0 Å². The molecule has 12 heteroatoms. The quantitative estimate of drug-likeness (QED) is 0.181. The molecule has 0 saturated heterocycles. The zero-order valence-electron chi connectivity index (χ0n) is 15.1. The van der Waals surface area contributed by atoms with Gasteiger partial charge in [-0.15, -0.1) is 0 Å². The van der Waals surface area contributed by atoms with Crippen LogP contribution in [0.25, 0.3) is 0 Å². The largest absolute Gasteiger partial charge is 0.481 e. The Morgan fingerprint density at radius 3 is 2.00 bits per heavy atom. The van der Waals surface area contributed by atoms with Crippen molar-refractivity contribution in [1.29, 1.82) is 0 Å². The first-order valence-electron chi connectivity index (χ1n) is 8.18. The lowest BCUT2D eigenvalue weighted by molar-refractivity contribution is -0.144. The molecule has 0 aromatic heterocycles. The van der Waals surface area contributed by atoms with E-state index in [1.54, 1.807) is 13.8 Å². The van der Waals surface area contributed by atoms with Gasteiger partial charge in [-0.3, -0.25) is 19.2 Å². The molecule has 0 heterocycles. The van der Waals surface area contributed by atoms with Gasteiger partial charge in [0.2, 0.25) is 17.7 Å². The number of aliphatic carboxylic acids is 2. The average molecular weight is 390 g/mol. The molecule has 3 amide bonds. The molecule has 154 valence electrons. The summed E-state index contributed by atoms with van der Waals surface area (Å²) in [6.07, 6.45) is -0.788. The van der Waals surface area contributed by atoms with Crippen molar-refractivity contribution >= 4 is 29.7 Å². The maximum atomic E-state index is 12.1. The van der Waals surface area contributed by atoms with Gasteiger partial charge in [-0.05, 0) is 12.3 Å². The Balaban J connectivity index is 4.86. The number of aliphatic hydroxyl groups excluding tert-OH is 1. The zero-order chi connectivity index (χ0) is 21.1. The van der Waals surface area contributed by atoms with Crippen molar-refractivity contribution in [1.82, 2.24) is 16.0 Å². The topological polar surface area (TPSA) is 208 Å². The average Bonchev–Trinajstić information content (AvgIpc) is 2.59. The van der Waals surface area contributed by atoms with Crippen molar-refractivity contribution in [2.75, 3.05) is 13.2 Å². The molecule has 0 rings (SSSR count). The van der Waals surface area contributed by atoms with Gasteiger partial charge in [0.05, 0.1) is 19.2 Å². The number of amides is 3. The van der Waals surface area contributed by atoms with E-state index >= 15 is 0 Å². The smallest absolute Gasteiger partial charge is 0.328 e. The van der Waals surface area contributed by atoms with Crippen LogP contribution in [0.3, 0.4) is 0 Å². The molecule has 0 radical (unpaired) electrons. The van der Waals surface area contributed by atoms with Crippen molar-refractivity contribution in [2.45, 2.75) is 44.8 Å². The summed E-state index contributed by atoms with van der Waals surface area (Å²) in [4.78, 5) is 57.3. The second-order valence-electron chi connectivity index (χ2n) is 6.12. The van der Waals surface area contributed by atoms with E-state index in [9.17, 15) is 24.0 Å². The Bertz CT molecular complexity index is 566. The second kappa shape index (κ2) is 11.8. The lowest BCUT2D eigenvalue weighted by Crippen LogP contribution is -2.54. The van der Waals surface area contributed by atoms with Gasteiger partial charge in [-0.25, -0.2) is 4.79 Å². The number of carbonyl (C=O) groups excluding carboxylic acids is 3. The van der Waals surface area contributed by atoms with Crippen LogP contribution in [-0.2, 0) is 24.0 Å². The summed E-state index contributed by atoms with van der Waals surface area (Å²) in [5.74, 6) is -5.22. The van der Waals surface area contributed by atoms with Crippen LogP contribution in [0, 0.1) is 5.92 Å². The summed E-state index contributed by atoms with van der Waals surface area (Å²) in [5.41, 5.74) is 5.62. The third-order valence-electron chi connectivity index (χ3n) is 3.54. The van der Waals surface area contributed by atoms with E-state index in [2.05, 4.69) is 10.6 Å². The van der Waals surface area contributed by atoms with Crippen LogP contribution in [0.1, 0.15) is 26.7 Å². The van der Waals surface area contributed by atoms with Crippen molar-refractivity contribution in [3.8, 4) is 0 Å². The van der Waals surface area contributed by atoms with Gasteiger partial charge in [0, 0.05) is 6.42 Å². The van der Waals surface area contributed by atoms with Crippen LogP contribution in [0.4, 0.5) is 0 Å². The molecule has 27 heavy (non-hydrogen) atoms. The Morgan fingerprint density at radius 1 is 0.963 bits per heavy atom. The summed E-state index contributed by atoms with van der Waals surface area (Å²) in [6, 6.07) is -3.80. The van der Waals surface area contributed by atoms with E-state index in [-0.39, 0.29) is 12.3 Å². The lowest BCUT2D eigenvalue weighted by atomic mass is 10.1. The summed E-state index contributed by atoms with van der Waals surface area (Å²) >= 11 is 0. The fourth-order valence-electron chi connectivity index (χ4n) is 1.83. The molecule has 0 aliphatic carbocycles. The maximum Gasteiger partial charge on any atom is 0.328 e. The molecule has 0 aromatic rings. The van der Waals surface area contributed by atoms with Crippen LogP contribution in [-0.4, -0.2) is 76.3 Å². The van der Waals surface area contributed by atoms with E-state index in [0.29, 0.717) is 0 Å². The third-order valence-corrected chi connectivity index (χ3v) is 3.54. The molecule has 0 aromatic carbocycles. The zero-order valence-corrected chi connectivity index (χ0v) is 15.1. The Morgan fingerprint density at radius 2 is 1.56 bits per heavy atom. The summed E-state index contributed by atoms with van der Waals surface area (Å²) < 4.78 is 0. The molecule has 0 fully saturated rings. The first-order chi connectivity index (χ1) is 12.5. The van der Waals surface area contributed by atoms with Crippen molar-refractivity contribution in [3.05, 3.63) is 0 Å². The number of nitrogens with one attached hydrogen (secondary N) is 3.